The standard InChI is InChI=1S/C69H42N6/c1-69(2)55-23-11-6-18-46(55)51-37-53-52-35-43(72-58-24-12-7-19-47(58)48-20-8-13-25-59(48)72)29-32-62(52)75(66(53)38-56(51)69)65-39-57(71-3)67(34-42(65)40-70)74-63-33-30-44(36-54(63)68-45-17-5-4-16-41(45)28-31-64(68)74)73-60-26-14-9-21-49(60)50-22-10-15-27-61(50)73/h4-39H,1-2H3. The highest BCUT2D eigenvalue weighted by atomic mass is 15.0. The van der Waals surface area contributed by atoms with E-state index in [2.05, 4.69) is 249 Å². The summed E-state index contributed by atoms with van der Waals surface area (Å²) in [6.45, 7) is 13.6. The molecule has 0 fully saturated rings. The minimum Gasteiger partial charge on any atom is -0.319 e. The number of hydrogen-bond donors (Lipinski definition) is 0. The topological polar surface area (TPSA) is 47.9 Å². The van der Waals surface area contributed by atoms with Gasteiger partial charge in [0.2, 0.25) is 5.69 Å². The van der Waals surface area contributed by atoms with Crippen molar-refractivity contribution in [1.82, 2.24) is 18.3 Å². The second kappa shape index (κ2) is 15.0. The second-order valence-corrected chi connectivity index (χ2v) is 20.7. The zero-order chi connectivity index (χ0) is 49.8. The minimum atomic E-state index is -0.263. The molecule has 11 aromatic carbocycles. The van der Waals surface area contributed by atoms with Crippen LogP contribution in [-0.2, 0) is 5.41 Å². The number of benzene rings is 11. The highest BCUT2D eigenvalue weighted by Crippen LogP contribution is 2.52. The first-order chi connectivity index (χ1) is 36.9. The van der Waals surface area contributed by atoms with Crippen LogP contribution >= 0.6 is 0 Å². The van der Waals surface area contributed by atoms with Crippen LogP contribution in [0.2, 0.25) is 0 Å². The molecule has 0 bridgehead atoms. The Balaban J connectivity index is 0.963. The Kier molecular flexibility index (Phi) is 8.27. The molecule has 6 heteroatoms. The normalized spacial score (nSPS) is 13.0. The van der Waals surface area contributed by atoms with Gasteiger partial charge in [-0.2, -0.15) is 5.26 Å². The lowest BCUT2D eigenvalue weighted by Gasteiger charge is -2.22. The van der Waals surface area contributed by atoms with Crippen molar-refractivity contribution in [3.63, 3.8) is 0 Å². The first-order valence-corrected chi connectivity index (χ1v) is 25.5. The lowest BCUT2D eigenvalue weighted by Crippen LogP contribution is -2.15. The number of nitrogens with zero attached hydrogens (tertiary/aromatic N) is 6. The Hall–Kier alpha value is -10.1. The van der Waals surface area contributed by atoms with E-state index in [0.29, 0.717) is 22.6 Å². The van der Waals surface area contributed by atoms with Gasteiger partial charge < -0.3 is 18.3 Å². The van der Waals surface area contributed by atoms with Gasteiger partial charge in [0.25, 0.3) is 0 Å². The van der Waals surface area contributed by atoms with E-state index in [1.54, 1.807) is 0 Å². The molecule has 4 heterocycles. The fourth-order valence-corrected chi connectivity index (χ4v) is 13.3. The summed E-state index contributed by atoms with van der Waals surface area (Å²) in [5, 5.41) is 22.9. The van der Waals surface area contributed by atoms with Gasteiger partial charge in [0.05, 0.1) is 67.6 Å². The highest BCUT2D eigenvalue weighted by molar-refractivity contribution is 6.22. The summed E-state index contributed by atoms with van der Waals surface area (Å²) in [5.41, 5.74) is 17.6. The summed E-state index contributed by atoms with van der Waals surface area (Å²) in [6.07, 6.45) is 0. The zero-order valence-electron chi connectivity index (χ0n) is 41.0. The molecule has 0 spiro atoms. The van der Waals surface area contributed by atoms with E-state index in [4.69, 9.17) is 6.57 Å². The molecule has 1 aliphatic rings. The van der Waals surface area contributed by atoms with Crippen LogP contribution in [0, 0.1) is 17.9 Å². The monoisotopic (exact) mass is 954 g/mol. The summed E-state index contributed by atoms with van der Waals surface area (Å²) in [6, 6.07) is 80.8. The number of aromatic nitrogens is 4. The molecular formula is C69H42N6. The van der Waals surface area contributed by atoms with E-state index < -0.39 is 0 Å². The maximum absolute atomic E-state index is 11.5. The summed E-state index contributed by atoms with van der Waals surface area (Å²) in [5.74, 6) is 0. The molecule has 348 valence electrons. The molecule has 4 aromatic heterocycles. The van der Waals surface area contributed by atoms with E-state index >= 15 is 0 Å². The highest BCUT2D eigenvalue weighted by Gasteiger charge is 2.36. The molecule has 0 N–H and O–H groups in total. The number of fused-ring (bicyclic) bond motifs is 17. The average molecular weight is 955 g/mol. The molecule has 0 unspecified atom stereocenters. The van der Waals surface area contributed by atoms with Crippen LogP contribution in [0.5, 0.6) is 0 Å². The largest absolute Gasteiger partial charge is 0.319 e. The van der Waals surface area contributed by atoms with E-state index in [0.717, 1.165) is 87.8 Å². The van der Waals surface area contributed by atoms with Gasteiger partial charge in [-0.15, -0.1) is 0 Å². The summed E-state index contributed by atoms with van der Waals surface area (Å²) in [4.78, 5) is 4.35. The summed E-state index contributed by atoms with van der Waals surface area (Å²) >= 11 is 0. The van der Waals surface area contributed by atoms with Crippen molar-refractivity contribution < 1.29 is 0 Å². The van der Waals surface area contributed by atoms with E-state index in [-0.39, 0.29) is 5.41 Å². The maximum atomic E-state index is 11.5. The first kappa shape index (κ1) is 41.5. The lowest BCUT2D eigenvalue weighted by molar-refractivity contribution is 0.661. The van der Waals surface area contributed by atoms with Gasteiger partial charge in [-0.25, -0.2) is 4.85 Å². The molecule has 15 aromatic rings. The molecule has 0 atom stereocenters. The lowest BCUT2D eigenvalue weighted by atomic mass is 9.82. The van der Waals surface area contributed by atoms with Crippen LogP contribution in [0.3, 0.4) is 0 Å². The molecule has 0 aliphatic heterocycles. The third-order valence-electron chi connectivity index (χ3n) is 16.6. The van der Waals surface area contributed by atoms with E-state index in [9.17, 15) is 5.26 Å². The Morgan fingerprint density at radius 1 is 0.387 bits per heavy atom. The molecule has 0 radical (unpaired) electrons. The molecule has 0 amide bonds. The maximum Gasteiger partial charge on any atom is 0.212 e. The van der Waals surface area contributed by atoms with Crippen molar-refractivity contribution in [2.24, 2.45) is 0 Å². The smallest absolute Gasteiger partial charge is 0.212 e. The van der Waals surface area contributed by atoms with Gasteiger partial charge in [0, 0.05) is 59.9 Å². The molecular weight excluding hydrogens is 913 g/mol. The van der Waals surface area contributed by atoms with Gasteiger partial charge in [-0.1, -0.05) is 141 Å². The summed E-state index contributed by atoms with van der Waals surface area (Å²) in [7, 11) is 0. The first-order valence-electron chi connectivity index (χ1n) is 25.5. The van der Waals surface area contributed by atoms with Crippen LogP contribution in [0.1, 0.15) is 30.5 Å². The number of hydrogen-bond acceptors (Lipinski definition) is 1. The fourth-order valence-electron chi connectivity index (χ4n) is 13.3. The van der Waals surface area contributed by atoms with Crippen LogP contribution in [-0.4, -0.2) is 18.3 Å². The van der Waals surface area contributed by atoms with Crippen LogP contribution in [0.4, 0.5) is 5.69 Å². The second-order valence-electron chi connectivity index (χ2n) is 20.7. The fraction of sp³-hybridized carbons (Fsp3) is 0.0435. The van der Waals surface area contributed by atoms with Crippen molar-refractivity contribution in [3.8, 4) is 39.9 Å². The summed E-state index contributed by atoms with van der Waals surface area (Å²) < 4.78 is 9.18. The average Bonchev–Trinajstić information content (AvgIpc) is 4.23. The quantitative estimate of drug-likeness (QED) is 0.162. The van der Waals surface area contributed by atoms with E-state index in [1.165, 1.54) is 43.8 Å². The van der Waals surface area contributed by atoms with Crippen molar-refractivity contribution in [2.75, 3.05) is 0 Å². The van der Waals surface area contributed by atoms with Crippen LogP contribution in [0.15, 0.2) is 218 Å². The van der Waals surface area contributed by atoms with Crippen molar-refractivity contribution >= 4 is 104 Å². The van der Waals surface area contributed by atoms with Crippen LogP contribution < -0.4 is 0 Å². The van der Waals surface area contributed by atoms with E-state index in [1.807, 2.05) is 12.1 Å². The van der Waals surface area contributed by atoms with Crippen LogP contribution in [0.25, 0.3) is 137 Å². The Bertz CT molecular complexity index is 5030. The van der Waals surface area contributed by atoms with Gasteiger partial charge in [0.15, 0.2) is 0 Å². The molecule has 0 saturated carbocycles. The predicted octanol–water partition coefficient (Wildman–Crippen LogP) is 18.0. The van der Waals surface area contributed by atoms with Crippen molar-refractivity contribution in [3.05, 3.63) is 246 Å². The third kappa shape index (κ3) is 5.50. The van der Waals surface area contributed by atoms with Gasteiger partial charge in [0.1, 0.15) is 6.07 Å². The van der Waals surface area contributed by atoms with Gasteiger partial charge in [-0.05, 0) is 124 Å². The Morgan fingerprint density at radius 2 is 0.880 bits per heavy atom. The number of para-hydroxylation sites is 4. The molecule has 16 rings (SSSR count). The molecule has 1 aliphatic carbocycles. The molecule has 75 heavy (non-hydrogen) atoms. The predicted molar refractivity (Wildman–Crippen MR) is 310 cm³/mol. The SMILES string of the molecule is [C-]#[N+]c1cc(-n2c3ccc(-n4c5ccccc5c5ccccc54)cc3c3cc4c(cc32)C(C)(C)c2ccccc2-4)c(C#N)cc1-n1c2ccc(-n3c4ccccc4c4ccccc43)cc2c2c3ccccc3ccc21. The number of rotatable bonds is 4. The Morgan fingerprint density at radius 3 is 1.49 bits per heavy atom. The van der Waals surface area contributed by atoms with Crippen molar-refractivity contribution in [1.29, 1.82) is 5.26 Å². The zero-order valence-corrected chi connectivity index (χ0v) is 41.0. The van der Waals surface area contributed by atoms with Gasteiger partial charge >= 0.3 is 0 Å². The van der Waals surface area contributed by atoms with Crippen molar-refractivity contribution in [2.45, 2.75) is 19.3 Å². The Labute approximate surface area is 430 Å². The number of nitriles is 1. The minimum absolute atomic E-state index is 0.263. The van der Waals surface area contributed by atoms with Gasteiger partial charge in [-0.3, -0.25) is 0 Å². The molecule has 6 nitrogen and oxygen atoms in total. The third-order valence-corrected chi connectivity index (χ3v) is 16.6. The molecule has 0 saturated heterocycles.